The lowest BCUT2D eigenvalue weighted by Gasteiger charge is -2.24. The van der Waals surface area contributed by atoms with Crippen molar-refractivity contribution in [1.29, 1.82) is 0 Å². The van der Waals surface area contributed by atoms with Crippen LogP contribution >= 0.6 is 0 Å². The van der Waals surface area contributed by atoms with Gasteiger partial charge in [-0.2, -0.15) is 0 Å². The van der Waals surface area contributed by atoms with Crippen molar-refractivity contribution in [3.63, 3.8) is 0 Å². The Morgan fingerprint density at radius 3 is 2.12 bits per heavy atom. The third kappa shape index (κ3) is 10.6. The molecular weight excluding hydrogens is 514 g/mol. The van der Waals surface area contributed by atoms with Gasteiger partial charge in [0, 0.05) is 49.7 Å². The lowest BCUT2D eigenvalue weighted by atomic mass is 9.89. The number of hydrogen-bond donors (Lipinski definition) is 4. The first kappa shape index (κ1) is 32.2. The molecular formula is C29H41N5O6. The van der Waals surface area contributed by atoms with Crippen LogP contribution in [0.2, 0.25) is 0 Å². The number of rotatable bonds is 16. The molecule has 1 aromatic carbocycles. The fourth-order valence-electron chi connectivity index (χ4n) is 4.43. The van der Waals surface area contributed by atoms with E-state index in [4.69, 9.17) is 5.73 Å². The number of nitrogens with two attached hydrogens (primary N) is 1. The molecule has 0 saturated heterocycles. The Morgan fingerprint density at radius 2 is 1.57 bits per heavy atom. The van der Waals surface area contributed by atoms with Crippen LogP contribution in [-0.2, 0) is 30.4 Å². The standard InChI is InChI=1S/C29H41N5O6/c1-18(2)16-20-7-9-22(10-8-20)32-28(39)21(6-5-14-31-29(30)40)17-23(35)27(19(3)4)33-24(36)13-15-34-25(37)11-12-26(34)38/h7-12,18-19,21,27H,5-6,13-17H2,1-4H3,(H,32,39)(H,33,36)(H3,30,31,40)/t21-,27+/m1/s1. The van der Waals surface area contributed by atoms with Gasteiger partial charge in [-0.15, -0.1) is 0 Å². The first-order valence-corrected chi connectivity index (χ1v) is 13.7. The Labute approximate surface area is 235 Å². The summed E-state index contributed by atoms with van der Waals surface area (Å²) in [6, 6.07) is 6.03. The largest absolute Gasteiger partial charge is 0.352 e. The van der Waals surface area contributed by atoms with Gasteiger partial charge in [-0.1, -0.05) is 39.8 Å². The molecule has 1 aromatic rings. The summed E-state index contributed by atoms with van der Waals surface area (Å²) in [6.07, 6.45) is 3.67. The van der Waals surface area contributed by atoms with Crippen LogP contribution in [-0.4, -0.2) is 59.5 Å². The van der Waals surface area contributed by atoms with Crippen molar-refractivity contribution in [2.24, 2.45) is 23.5 Å². The molecule has 2 atom stereocenters. The molecule has 6 amide bonds. The molecule has 1 aliphatic rings. The Balaban J connectivity index is 2.04. The van der Waals surface area contributed by atoms with Crippen molar-refractivity contribution in [3.8, 4) is 0 Å². The van der Waals surface area contributed by atoms with Crippen LogP contribution in [0.5, 0.6) is 0 Å². The lowest BCUT2D eigenvalue weighted by molar-refractivity contribution is -0.137. The summed E-state index contributed by atoms with van der Waals surface area (Å²) in [6.45, 7) is 7.98. The van der Waals surface area contributed by atoms with E-state index >= 15 is 0 Å². The van der Waals surface area contributed by atoms with E-state index in [9.17, 15) is 28.8 Å². The van der Waals surface area contributed by atoms with Gasteiger partial charge in [-0.3, -0.25) is 28.9 Å². The van der Waals surface area contributed by atoms with Crippen molar-refractivity contribution in [1.82, 2.24) is 15.5 Å². The number of amides is 6. The first-order chi connectivity index (χ1) is 18.9. The maximum atomic E-state index is 13.3. The van der Waals surface area contributed by atoms with Gasteiger partial charge >= 0.3 is 6.03 Å². The number of anilines is 1. The van der Waals surface area contributed by atoms with Gasteiger partial charge in [0.1, 0.15) is 0 Å². The van der Waals surface area contributed by atoms with E-state index in [1.165, 1.54) is 0 Å². The number of ketones is 1. The number of carbonyl (C=O) groups excluding carboxylic acids is 6. The quantitative estimate of drug-likeness (QED) is 0.180. The van der Waals surface area contributed by atoms with Gasteiger partial charge in [-0.25, -0.2) is 4.79 Å². The van der Waals surface area contributed by atoms with Crippen LogP contribution in [0.3, 0.4) is 0 Å². The van der Waals surface area contributed by atoms with Crippen LogP contribution in [0.15, 0.2) is 36.4 Å². The van der Waals surface area contributed by atoms with Crippen molar-refractivity contribution in [2.75, 3.05) is 18.4 Å². The number of Topliss-reactive ketones (excluding diaryl/α,β-unsaturated/α-hetero) is 1. The predicted octanol–water partition coefficient (Wildman–Crippen LogP) is 2.30. The highest BCUT2D eigenvalue weighted by atomic mass is 16.2. The fourth-order valence-corrected chi connectivity index (χ4v) is 4.43. The maximum absolute atomic E-state index is 13.3. The molecule has 0 unspecified atom stereocenters. The number of hydrogen-bond acceptors (Lipinski definition) is 6. The molecule has 0 aliphatic carbocycles. The monoisotopic (exact) mass is 555 g/mol. The molecule has 11 nitrogen and oxygen atoms in total. The molecule has 0 aromatic heterocycles. The fraction of sp³-hybridized carbons (Fsp3) is 0.517. The second kappa shape index (κ2) is 15.5. The molecule has 0 fully saturated rings. The number of benzene rings is 1. The first-order valence-electron chi connectivity index (χ1n) is 13.7. The zero-order valence-corrected chi connectivity index (χ0v) is 23.7. The van der Waals surface area contributed by atoms with Crippen LogP contribution in [0.25, 0.3) is 0 Å². The lowest BCUT2D eigenvalue weighted by Crippen LogP contribution is -2.46. The minimum atomic E-state index is -0.857. The van der Waals surface area contributed by atoms with Gasteiger partial charge in [0.2, 0.25) is 11.8 Å². The number of urea groups is 1. The van der Waals surface area contributed by atoms with E-state index in [2.05, 4.69) is 29.8 Å². The van der Waals surface area contributed by atoms with Crippen molar-refractivity contribution < 1.29 is 28.8 Å². The van der Waals surface area contributed by atoms with Gasteiger partial charge in [0.25, 0.3) is 11.8 Å². The summed E-state index contributed by atoms with van der Waals surface area (Å²) in [7, 11) is 0. The summed E-state index contributed by atoms with van der Waals surface area (Å²) >= 11 is 0. The minimum Gasteiger partial charge on any atom is -0.352 e. The highest BCUT2D eigenvalue weighted by molar-refractivity contribution is 6.13. The normalized spacial score (nSPS) is 14.4. The van der Waals surface area contributed by atoms with Crippen molar-refractivity contribution in [2.45, 2.75) is 65.8 Å². The number of nitrogens with one attached hydrogen (secondary N) is 3. The SMILES string of the molecule is CC(C)Cc1ccc(NC(=O)[C@H](CCCNC(N)=O)CC(=O)[C@@H](NC(=O)CCN2C(=O)C=CC2=O)C(C)C)cc1. The number of nitrogens with zero attached hydrogens (tertiary/aromatic N) is 1. The summed E-state index contributed by atoms with van der Waals surface area (Å²) in [5.74, 6) is -2.56. The van der Waals surface area contributed by atoms with Crippen LogP contribution in [0.4, 0.5) is 10.5 Å². The molecule has 5 N–H and O–H groups in total. The molecule has 1 heterocycles. The van der Waals surface area contributed by atoms with E-state index in [0.29, 0.717) is 24.4 Å². The minimum absolute atomic E-state index is 0.0939. The molecule has 0 radical (unpaired) electrons. The summed E-state index contributed by atoms with van der Waals surface area (Å²) in [4.78, 5) is 74.6. The Hall–Kier alpha value is -4.02. The molecule has 40 heavy (non-hydrogen) atoms. The van der Waals surface area contributed by atoms with Gasteiger partial charge in [0.05, 0.1) is 6.04 Å². The highest BCUT2D eigenvalue weighted by Crippen LogP contribution is 2.20. The summed E-state index contributed by atoms with van der Waals surface area (Å²) < 4.78 is 0. The smallest absolute Gasteiger partial charge is 0.312 e. The number of imide groups is 1. The second-order valence-corrected chi connectivity index (χ2v) is 10.8. The average molecular weight is 556 g/mol. The maximum Gasteiger partial charge on any atom is 0.312 e. The molecule has 1 aliphatic heterocycles. The van der Waals surface area contributed by atoms with E-state index in [-0.39, 0.29) is 43.5 Å². The van der Waals surface area contributed by atoms with Gasteiger partial charge < -0.3 is 21.7 Å². The third-order valence-electron chi connectivity index (χ3n) is 6.51. The van der Waals surface area contributed by atoms with Crippen molar-refractivity contribution in [3.05, 3.63) is 42.0 Å². The summed E-state index contributed by atoms with van der Waals surface area (Å²) in [5.41, 5.74) is 6.89. The Bertz CT molecular complexity index is 1090. The van der Waals surface area contributed by atoms with E-state index in [1.807, 2.05) is 24.3 Å². The highest BCUT2D eigenvalue weighted by Gasteiger charge is 2.30. The zero-order valence-electron chi connectivity index (χ0n) is 23.7. The van der Waals surface area contributed by atoms with Gasteiger partial charge in [-0.05, 0) is 48.8 Å². The van der Waals surface area contributed by atoms with Crippen LogP contribution in [0.1, 0.15) is 58.9 Å². The van der Waals surface area contributed by atoms with E-state index in [1.54, 1.807) is 13.8 Å². The van der Waals surface area contributed by atoms with E-state index in [0.717, 1.165) is 29.0 Å². The zero-order chi connectivity index (χ0) is 29.8. The van der Waals surface area contributed by atoms with E-state index < -0.39 is 35.7 Å². The van der Waals surface area contributed by atoms with Gasteiger partial charge in [0.15, 0.2) is 5.78 Å². The summed E-state index contributed by atoms with van der Waals surface area (Å²) in [5, 5.41) is 8.07. The van der Waals surface area contributed by atoms with Crippen LogP contribution in [0, 0.1) is 17.8 Å². The Morgan fingerprint density at radius 1 is 0.950 bits per heavy atom. The molecule has 218 valence electrons. The topological polar surface area (TPSA) is 168 Å². The predicted molar refractivity (Wildman–Crippen MR) is 151 cm³/mol. The second-order valence-electron chi connectivity index (χ2n) is 10.8. The average Bonchev–Trinajstić information content (AvgIpc) is 3.20. The number of carbonyl (C=O) groups is 6. The molecule has 0 spiro atoms. The molecule has 11 heteroatoms. The number of primary amides is 1. The van der Waals surface area contributed by atoms with Crippen molar-refractivity contribution >= 4 is 41.1 Å². The molecule has 2 rings (SSSR count). The molecule has 0 bridgehead atoms. The molecule has 0 saturated carbocycles. The Kier molecular flexibility index (Phi) is 12.5. The third-order valence-corrected chi connectivity index (χ3v) is 6.51. The van der Waals surface area contributed by atoms with Crippen LogP contribution < -0.4 is 21.7 Å².